The fourth-order valence-electron chi connectivity index (χ4n) is 1.25. The van der Waals surface area contributed by atoms with Gasteiger partial charge in [0.15, 0.2) is 10.9 Å². The predicted molar refractivity (Wildman–Crippen MR) is 67.9 cm³/mol. The Morgan fingerprint density at radius 1 is 1.33 bits per heavy atom. The topological polar surface area (TPSA) is 64.1 Å². The van der Waals surface area contributed by atoms with Crippen molar-refractivity contribution >= 4 is 23.5 Å². The van der Waals surface area contributed by atoms with Crippen LogP contribution in [0.3, 0.4) is 0 Å². The molecule has 0 saturated heterocycles. The molecule has 0 aliphatic carbocycles. The molecule has 0 fully saturated rings. The van der Waals surface area contributed by atoms with Gasteiger partial charge >= 0.3 is 0 Å². The van der Waals surface area contributed by atoms with Gasteiger partial charge in [0.05, 0.1) is 6.20 Å². The molecule has 1 heterocycles. The molecule has 0 atom stereocenters. The molecule has 1 aromatic heterocycles. The molecule has 92 valence electrons. The van der Waals surface area contributed by atoms with Crippen molar-refractivity contribution < 1.29 is 9.53 Å². The van der Waals surface area contributed by atoms with E-state index in [0.29, 0.717) is 11.5 Å². The minimum atomic E-state index is -0.261. The maximum absolute atomic E-state index is 10.8. The standard InChI is InChI=1S/C12H10ClN3O2/c1-8(17)15-12-14-7-10(11(13)16-12)18-9-5-3-2-4-6-9/h2-7H,1H3,(H,14,15,16,17). The third-order valence-electron chi connectivity index (χ3n) is 1.97. The SMILES string of the molecule is CC(=O)Nc1ncc(Oc2ccccc2)c(Cl)n1. The number of hydrogen-bond acceptors (Lipinski definition) is 4. The molecule has 0 aliphatic heterocycles. The first-order chi connectivity index (χ1) is 8.65. The maximum Gasteiger partial charge on any atom is 0.231 e. The lowest BCUT2D eigenvalue weighted by Gasteiger charge is -2.07. The summed E-state index contributed by atoms with van der Waals surface area (Å²) in [6, 6.07) is 9.15. The van der Waals surface area contributed by atoms with E-state index in [1.807, 2.05) is 18.2 Å². The Morgan fingerprint density at radius 2 is 2.06 bits per heavy atom. The largest absolute Gasteiger partial charge is 0.452 e. The molecule has 18 heavy (non-hydrogen) atoms. The Kier molecular flexibility index (Phi) is 3.74. The van der Waals surface area contributed by atoms with Gasteiger partial charge in [-0.2, -0.15) is 4.98 Å². The van der Waals surface area contributed by atoms with Gasteiger partial charge in [-0.3, -0.25) is 10.1 Å². The van der Waals surface area contributed by atoms with Crippen molar-refractivity contribution in [2.45, 2.75) is 6.92 Å². The molecular weight excluding hydrogens is 254 g/mol. The second-order valence-electron chi connectivity index (χ2n) is 3.44. The van der Waals surface area contributed by atoms with Crippen molar-refractivity contribution in [1.29, 1.82) is 0 Å². The zero-order valence-corrected chi connectivity index (χ0v) is 10.3. The summed E-state index contributed by atoms with van der Waals surface area (Å²) in [6.07, 6.45) is 1.41. The van der Waals surface area contributed by atoms with E-state index in [1.165, 1.54) is 13.1 Å². The minimum absolute atomic E-state index is 0.137. The highest BCUT2D eigenvalue weighted by atomic mass is 35.5. The third kappa shape index (κ3) is 3.18. The van der Waals surface area contributed by atoms with E-state index < -0.39 is 0 Å². The number of benzene rings is 1. The predicted octanol–water partition coefficient (Wildman–Crippen LogP) is 2.88. The van der Waals surface area contributed by atoms with Crippen LogP contribution in [0.2, 0.25) is 5.15 Å². The first-order valence-corrected chi connectivity index (χ1v) is 5.56. The molecule has 0 saturated carbocycles. The number of anilines is 1. The molecule has 0 unspecified atom stereocenters. The number of nitrogens with zero attached hydrogens (tertiary/aromatic N) is 2. The van der Waals surface area contributed by atoms with E-state index in [1.54, 1.807) is 12.1 Å². The monoisotopic (exact) mass is 263 g/mol. The minimum Gasteiger partial charge on any atom is -0.452 e. The van der Waals surface area contributed by atoms with Crippen LogP contribution in [0.15, 0.2) is 36.5 Å². The number of nitrogens with one attached hydrogen (secondary N) is 1. The number of halogens is 1. The highest BCUT2D eigenvalue weighted by Crippen LogP contribution is 2.27. The molecule has 0 bridgehead atoms. The van der Waals surface area contributed by atoms with Gasteiger partial charge in [0.2, 0.25) is 11.9 Å². The van der Waals surface area contributed by atoms with Crippen LogP contribution in [-0.2, 0) is 4.79 Å². The van der Waals surface area contributed by atoms with Crippen LogP contribution in [0.4, 0.5) is 5.95 Å². The maximum atomic E-state index is 10.8. The molecule has 1 aromatic carbocycles. The van der Waals surface area contributed by atoms with Crippen LogP contribution in [0.5, 0.6) is 11.5 Å². The van der Waals surface area contributed by atoms with Crippen molar-refractivity contribution in [3.63, 3.8) is 0 Å². The molecule has 2 aromatic rings. The average molecular weight is 264 g/mol. The summed E-state index contributed by atoms with van der Waals surface area (Å²) in [7, 11) is 0. The first kappa shape index (κ1) is 12.3. The highest BCUT2D eigenvalue weighted by Gasteiger charge is 2.08. The van der Waals surface area contributed by atoms with E-state index in [2.05, 4.69) is 15.3 Å². The normalized spacial score (nSPS) is 9.89. The average Bonchev–Trinajstić information content (AvgIpc) is 2.33. The number of rotatable bonds is 3. The summed E-state index contributed by atoms with van der Waals surface area (Å²) in [5.41, 5.74) is 0. The third-order valence-corrected chi connectivity index (χ3v) is 2.24. The second kappa shape index (κ2) is 5.46. The van der Waals surface area contributed by atoms with E-state index >= 15 is 0 Å². The zero-order valence-electron chi connectivity index (χ0n) is 9.55. The summed E-state index contributed by atoms with van der Waals surface area (Å²) < 4.78 is 5.50. The fourth-order valence-corrected chi connectivity index (χ4v) is 1.42. The summed E-state index contributed by atoms with van der Waals surface area (Å²) in [4.78, 5) is 18.7. The molecule has 1 N–H and O–H groups in total. The number of hydrogen-bond donors (Lipinski definition) is 1. The Labute approximate surface area is 109 Å². The molecular formula is C12H10ClN3O2. The molecule has 2 rings (SSSR count). The Hall–Kier alpha value is -2.14. The van der Waals surface area contributed by atoms with Gasteiger partial charge in [-0.15, -0.1) is 0 Å². The van der Waals surface area contributed by atoms with Gasteiger partial charge in [0, 0.05) is 6.92 Å². The lowest BCUT2D eigenvalue weighted by atomic mass is 10.3. The van der Waals surface area contributed by atoms with E-state index in [-0.39, 0.29) is 17.0 Å². The van der Waals surface area contributed by atoms with Gasteiger partial charge in [-0.05, 0) is 12.1 Å². The highest BCUT2D eigenvalue weighted by molar-refractivity contribution is 6.30. The molecule has 1 amide bonds. The van der Waals surface area contributed by atoms with Crippen molar-refractivity contribution in [2.24, 2.45) is 0 Å². The number of para-hydroxylation sites is 1. The van der Waals surface area contributed by atoms with E-state index in [4.69, 9.17) is 16.3 Å². The van der Waals surface area contributed by atoms with Crippen LogP contribution in [0.25, 0.3) is 0 Å². The van der Waals surface area contributed by atoms with Gasteiger partial charge in [-0.1, -0.05) is 29.8 Å². The Balaban J connectivity index is 2.17. The number of carbonyl (C=O) groups is 1. The van der Waals surface area contributed by atoms with E-state index in [9.17, 15) is 4.79 Å². The van der Waals surface area contributed by atoms with Crippen molar-refractivity contribution in [2.75, 3.05) is 5.32 Å². The quantitative estimate of drug-likeness (QED) is 0.865. The zero-order chi connectivity index (χ0) is 13.0. The molecule has 0 spiro atoms. The molecule has 5 nitrogen and oxygen atoms in total. The van der Waals surface area contributed by atoms with Crippen LogP contribution in [0, 0.1) is 0 Å². The number of amides is 1. The lowest BCUT2D eigenvalue weighted by molar-refractivity contribution is -0.114. The molecule has 6 heteroatoms. The summed E-state index contributed by atoms with van der Waals surface area (Å²) >= 11 is 5.94. The van der Waals surface area contributed by atoms with Crippen LogP contribution in [-0.4, -0.2) is 15.9 Å². The Morgan fingerprint density at radius 3 is 2.67 bits per heavy atom. The second-order valence-corrected chi connectivity index (χ2v) is 3.80. The van der Waals surface area contributed by atoms with Crippen molar-refractivity contribution in [3.05, 3.63) is 41.7 Å². The Bertz CT molecular complexity index is 561. The van der Waals surface area contributed by atoms with Crippen molar-refractivity contribution in [3.8, 4) is 11.5 Å². The van der Waals surface area contributed by atoms with Crippen LogP contribution in [0.1, 0.15) is 6.92 Å². The van der Waals surface area contributed by atoms with E-state index in [0.717, 1.165) is 0 Å². The molecule has 0 radical (unpaired) electrons. The number of ether oxygens (including phenoxy) is 1. The summed E-state index contributed by atoms with van der Waals surface area (Å²) in [6.45, 7) is 1.37. The van der Waals surface area contributed by atoms with Crippen LogP contribution < -0.4 is 10.1 Å². The summed E-state index contributed by atoms with van der Waals surface area (Å²) in [5.74, 6) is 0.850. The summed E-state index contributed by atoms with van der Waals surface area (Å²) in [5, 5.41) is 2.57. The van der Waals surface area contributed by atoms with Gasteiger partial charge in [0.1, 0.15) is 5.75 Å². The number of carbonyl (C=O) groups excluding carboxylic acids is 1. The van der Waals surface area contributed by atoms with Gasteiger partial charge < -0.3 is 4.74 Å². The smallest absolute Gasteiger partial charge is 0.231 e. The number of aromatic nitrogens is 2. The van der Waals surface area contributed by atoms with Crippen molar-refractivity contribution in [1.82, 2.24) is 9.97 Å². The van der Waals surface area contributed by atoms with Crippen LogP contribution >= 0.6 is 11.6 Å². The lowest BCUT2D eigenvalue weighted by Crippen LogP contribution is -2.09. The molecule has 0 aliphatic rings. The van der Waals surface area contributed by atoms with Gasteiger partial charge in [-0.25, -0.2) is 4.98 Å². The van der Waals surface area contributed by atoms with Gasteiger partial charge in [0.25, 0.3) is 0 Å². The fraction of sp³-hybridized carbons (Fsp3) is 0.0833. The first-order valence-electron chi connectivity index (χ1n) is 5.18.